The highest BCUT2D eigenvalue weighted by molar-refractivity contribution is 7.92. The van der Waals surface area contributed by atoms with Crippen molar-refractivity contribution in [1.82, 2.24) is 10.1 Å². The highest BCUT2D eigenvalue weighted by Gasteiger charge is 2.47. The lowest BCUT2D eigenvalue weighted by molar-refractivity contribution is -0.115. The Morgan fingerprint density at radius 1 is 1.05 bits per heavy atom. The van der Waals surface area contributed by atoms with Crippen LogP contribution in [0, 0.1) is 0 Å². The molecule has 0 aliphatic rings. The number of esters is 1. The number of carbonyl (C=O) groups excluding carboxylic acids is 1. The molecule has 4 aromatic rings. The number of hydrogen-bond donors (Lipinski definition) is 0. The van der Waals surface area contributed by atoms with Gasteiger partial charge in [0.25, 0.3) is 10.0 Å². The monoisotopic (exact) mass is 643 g/mol. The molecule has 4 rings (SSSR count). The van der Waals surface area contributed by atoms with E-state index >= 15 is 0 Å². The lowest BCUT2D eigenvalue weighted by atomic mass is 10.0. The van der Waals surface area contributed by atoms with Gasteiger partial charge in [-0.15, -0.1) is 13.2 Å². The maximum Gasteiger partial charge on any atom is 0.498 e. The van der Waals surface area contributed by atoms with E-state index < -0.39 is 37.2 Å². The van der Waals surface area contributed by atoms with Gasteiger partial charge in [-0.3, -0.25) is 0 Å². The van der Waals surface area contributed by atoms with Crippen LogP contribution in [0.1, 0.15) is 41.4 Å². The number of carbonyl (C=O) groups is 1. The van der Waals surface area contributed by atoms with Gasteiger partial charge in [0.2, 0.25) is 5.88 Å². The molecule has 222 valence electrons. The predicted octanol–water partition coefficient (Wildman–Crippen LogP) is 7.25. The van der Waals surface area contributed by atoms with Gasteiger partial charge in [-0.25, -0.2) is 18.2 Å². The Hall–Kier alpha value is -3.81. The van der Waals surface area contributed by atoms with Gasteiger partial charge < -0.3 is 14.0 Å². The first-order valence-corrected chi connectivity index (χ1v) is 14.3. The maximum absolute atomic E-state index is 14.0. The van der Waals surface area contributed by atoms with Gasteiger partial charge in [-0.05, 0) is 42.5 Å². The third-order valence-electron chi connectivity index (χ3n) is 5.91. The molecule has 0 saturated carbocycles. The molecule has 2 heterocycles. The van der Waals surface area contributed by atoms with Crippen molar-refractivity contribution in [2.24, 2.45) is 0 Å². The molecule has 0 amide bonds. The fourth-order valence-corrected chi connectivity index (χ4v) is 5.89. The third-order valence-corrected chi connectivity index (χ3v) is 8.30. The summed E-state index contributed by atoms with van der Waals surface area (Å²) in [5.74, 6) is -0.521. The van der Waals surface area contributed by atoms with Gasteiger partial charge in [0, 0.05) is 17.5 Å². The van der Waals surface area contributed by atoms with Crippen LogP contribution < -0.4 is 9.04 Å². The number of nitrogens with zero attached hydrogens (tertiary/aromatic N) is 3. The Labute approximate surface area is 248 Å². The van der Waals surface area contributed by atoms with Crippen LogP contribution in [-0.4, -0.2) is 37.9 Å². The zero-order valence-corrected chi connectivity index (χ0v) is 24.5. The fraction of sp³-hybridized carbons (Fsp3) is 0.222. The van der Waals surface area contributed by atoms with Crippen LogP contribution in [-0.2, 0) is 21.4 Å². The van der Waals surface area contributed by atoms with E-state index in [-0.39, 0.29) is 24.0 Å². The van der Waals surface area contributed by atoms with E-state index in [1.807, 2.05) is 13.8 Å². The molecule has 0 radical (unpaired) electrons. The Kier molecular flexibility index (Phi) is 9.04. The summed E-state index contributed by atoms with van der Waals surface area (Å²) in [7, 11) is -4.04. The summed E-state index contributed by atoms with van der Waals surface area (Å²) in [6.07, 6.45) is -4.63. The van der Waals surface area contributed by atoms with Crippen molar-refractivity contribution in [2.75, 3.05) is 11.4 Å². The molecule has 0 bridgehead atoms. The van der Waals surface area contributed by atoms with Gasteiger partial charge in [0.05, 0.1) is 45.1 Å². The molecule has 0 saturated heterocycles. The number of pyridine rings is 1. The Balaban J connectivity index is 1.62. The average Bonchev–Trinajstić information content (AvgIpc) is 3.35. The smallest absolute Gasteiger partial charge is 0.473 e. The molecule has 2 aromatic carbocycles. The lowest BCUT2D eigenvalue weighted by Gasteiger charge is -2.26. The first-order valence-electron chi connectivity index (χ1n) is 12.1. The molecule has 0 spiro atoms. The molecular weight excluding hydrogens is 622 g/mol. The Bertz CT molecular complexity index is 1670. The maximum atomic E-state index is 14.0. The third kappa shape index (κ3) is 6.32. The van der Waals surface area contributed by atoms with Crippen molar-refractivity contribution in [3.05, 3.63) is 87.7 Å². The lowest BCUT2D eigenvalue weighted by Crippen LogP contribution is -2.43. The number of rotatable bonds is 9. The SMILES string of the molecule is COC(=O)c1ccc(S(=O)(=O)N(c2ccc(OCc3c(-c4c(Cl)cccc4Cl)noc3C(C)C)nc2)C(F)(F)F)cc1. The molecule has 9 nitrogen and oxygen atoms in total. The minimum Gasteiger partial charge on any atom is -0.473 e. The van der Waals surface area contributed by atoms with Crippen LogP contribution in [0.2, 0.25) is 10.0 Å². The van der Waals surface area contributed by atoms with Crippen LogP contribution in [0.25, 0.3) is 11.3 Å². The normalized spacial score (nSPS) is 11.9. The number of benzene rings is 2. The van der Waals surface area contributed by atoms with Crippen LogP contribution in [0.15, 0.2) is 70.2 Å². The fourth-order valence-electron chi connectivity index (χ4n) is 3.97. The van der Waals surface area contributed by atoms with Crippen molar-refractivity contribution in [3.63, 3.8) is 0 Å². The van der Waals surface area contributed by atoms with Gasteiger partial charge in [-0.2, -0.15) is 4.31 Å². The summed E-state index contributed by atoms with van der Waals surface area (Å²) in [6.45, 7) is 3.57. The first kappa shape index (κ1) is 31.1. The van der Waals surface area contributed by atoms with Gasteiger partial charge in [0.15, 0.2) is 0 Å². The van der Waals surface area contributed by atoms with E-state index in [1.54, 1.807) is 18.2 Å². The highest BCUT2D eigenvalue weighted by atomic mass is 35.5. The number of alkyl halides is 3. The summed E-state index contributed by atoms with van der Waals surface area (Å²) in [5.41, 5.74) is 0.429. The second kappa shape index (κ2) is 12.2. The van der Waals surface area contributed by atoms with Gasteiger partial charge in [-0.1, -0.05) is 48.3 Å². The second-order valence-corrected chi connectivity index (χ2v) is 11.6. The Morgan fingerprint density at radius 2 is 1.69 bits per heavy atom. The minimum atomic E-state index is -5.35. The summed E-state index contributed by atoms with van der Waals surface area (Å²) in [5, 5.41) is 4.76. The average molecular weight is 644 g/mol. The molecule has 0 aliphatic heterocycles. The number of aromatic nitrogens is 2. The van der Waals surface area contributed by atoms with Gasteiger partial charge in [0.1, 0.15) is 18.1 Å². The first-order chi connectivity index (χ1) is 19.8. The molecular formula is C27H22Cl2F3N3O6S. The number of halogens is 5. The number of anilines is 1. The molecule has 0 N–H and O–H groups in total. The van der Waals surface area contributed by atoms with Crippen molar-refractivity contribution in [2.45, 2.75) is 37.6 Å². The summed E-state index contributed by atoms with van der Waals surface area (Å²) in [4.78, 5) is 14.8. The van der Waals surface area contributed by atoms with E-state index in [1.165, 1.54) is 0 Å². The summed E-state index contributed by atoms with van der Waals surface area (Å²) in [6, 6.07) is 10.8. The number of ether oxygens (including phenoxy) is 2. The molecule has 42 heavy (non-hydrogen) atoms. The number of hydrogen-bond acceptors (Lipinski definition) is 8. The topological polar surface area (TPSA) is 112 Å². The van der Waals surface area contributed by atoms with E-state index in [9.17, 15) is 26.4 Å². The zero-order valence-electron chi connectivity index (χ0n) is 22.1. The molecule has 2 aromatic heterocycles. The summed E-state index contributed by atoms with van der Waals surface area (Å²) >= 11 is 12.7. The van der Waals surface area contributed by atoms with E-state index in [4.69, 9.17) is 32.5 Å². The molecule has 0 aliphatic carbocycles. The van der Waals surface area contributed by atoms with Crippen LogP contribution in [0.3, 0.4) is 0 Å². The van der Waals surface area contributed by atoms with E-state index in [0.717, 1.165) is 43.5 Å². The van der Waals surface area contributed by atoms with Crippen LogP contribution in [0.4, 0.5) is 18.9 Å². The standard InChI is InChI=1S/C27H22Cl2F3N3O6S/c1-15(2)25-19(24(34-41-25)23-20(28)5-4-6-21(23)29)14-40-22-12-9-17(13-33-22)35(27(30,31)32)42(37,38)18-10-7-16(8-11-18)26(36)39-3/h4-13,15H,14H2,1-3H3. The van der Waals surface area contributed by atoms with Crippen molar-refractivity contribution < 1.29 is 40.4 Å². The van der Waals surface area contributed by atoms with Crippen LogP contribution >= 0.6 is 23.2 Å². The zero-order chi connectivity index (χ0) is 30.8. The molecule has 15 heteroatoms. The molecule has 0 fully saturated rings. The van der Waals surface area contributed by atoms with Crippen molar-refractivity contribution in [1.29, 1.82) is 0 Å². The largest absolute Gasteiger partial charge is 0.498 e. The van der Waals surface area contributed by atoms with Crippen molar-refractivity contribution in [3.8, 4) is 17.1 Å². The molecule has 0 unspecified atom stereocenters. The van der Waals surface area contributed by atoms with E-state index in [2.05, 4.69) is 14.9 Å². The quantitative estimate of drug-likeness (QED) is 0.138. The Morgan fingerprint density at radius 3 is 2.21 bits per heavy atom. The number of sulfonamides is 1. The van der Waals surface area contributed by atoms with Gasteiger partial charge >= 0.3 is 12.3 Å². The van der Waals surface area contributed by atoms with E-state index in [0.29, 0.717) is 38.8 Å². The predicted molar refractivity (Wildman–Crippen MR) is 148 cm³/mol. The number of methoxy groups -OCH3 is 1. The second-order valence-electron chi connectivity index (χ2n) is 9.02. The van der Waals surface area contributed by atoms with Crippen LogP contribution in [0.5, 0.6) is 5.88 Å². The summed E-state index contributed by atoms with van der Waals surface area (Å²) < 4.78 is 83.2. The minimum absolute atomic E-state index is 0.0356. The molecule has 0 atom stereocenters. The highest BCUT2D eigenvalue weighted by Crippen LogP contribution is 2.39. The van der Waals surface area contributed by atoms with Crippen molar-refractivity contribution >= 4 is 44.9 Å².